The maximum Gasteiger partial charge on any atom is 0.235 e. The highest BCUT2D eigenvalue weighted by atomic mass is 16.4. The SMILES string of the molecule is C[C@@H]1CN(c2ccccn2)C[C@H]1C(=O)NCc1nnc(C2CC2)o1. The molecule has 2 aromatic rings. The van der Waals surface area contributed by atoms with Gasteiger partial charge in [0.15, 0.2) is 0 Å². The van der Waals surface area contributed by atoms with Gasteiger partial charge in [-0.3, -0.25) is 4.79 Å². The molecule has 1 saturated heterocycles. The Kier molecular flexibility index (Phi) is 3.92. The van der Waals surface area contributed by atoms with Gasteiger partial charge in [-0.2, -0.15) is 0 Å². The number of pyridine rings is 1. The zero-order valence-electron chi connectivity index (χ0n) is 13.7. The van der Waals surface area contributed by atoms with Crippen molar-refractivity contribution in [3.8, 4) is 0 Å². The smallest absolute Gasteiger partial charge is 0.235 e. The number of rotatable bonds is 5. The molecule has 0 spiro atoms. The zero-order chi connectivity index (χ0) is 16.5. The monoisotopic (exact) mass is 327 g/mol. The van der Waals surface area contributed by atoms with Crippen molar-refractivity contribution < 1.29 is 9.21 Å². The standard InChI is InChI=1S/C17H21N5O2/c1-11-9-22(14-4-2-3-7-18-14)10-13(11)16(23)19-8-15-20-21-17(24-15)12-5-6-12/h2-4,7,11-13H,5-6,8-10H2,1H3,(H,19,23)/t11-,13-/m1/s1. The Labute approximate surface area is 140 Å². The third-order valence-electron chi connectivity index (χ3n) is 4.75. The second-order valence-corrected chi connectivity index (χ2v) is 6.70. The van der Waals surface area contributed by atoms with Crippen LogP contribution in [-0.4, -0.2) is 34.2 Å². The molecule has 1 saturated carbocycles. The molecule has 0 bridgehead atoms. The van der Waals surface area contributed by atoms with Gasteiger partial charge in [0.05, 0.1) is 12.5 Å². The van der Waals surface area contributed by atoms with Crippen LogP contribution in [0.25, 0.3) is 0 Å². The van der Waals surface area contributed by atoms with E-state index in [1.807, 2.05) is 18.2 Å². The lowest BCUT2D eigenvalue weighted by Gasteiger charge is -2.16. The number of nitrogens with zero attached hydrogens (tertiary/aromatic N) is 4. The lowest BCUT2D eigenvalue weighted by Crippen LogP contribution is -2.34. The first kappa shape index (κ1) is 15.1. The summed E-state index contributed by atoms with van der Waals surface area (Å²) in [6.07, 6.45) is 4.02. The number of amides is 1. The van der Waals surface area contributed by atoms with E-state index in [4.69, 9.17) is 4.42 Å². The summed E-state index contributed by atoms with van der Waals surface area (Å²) >= 11 is 0. The van der Waals surface area contributed by atoms with E-state index in [-0.39, 0.29) is 17.7 Å². The largest absolute Gasteiger partial charge is 0.423 e. The van der Waals surface area contributed by atoms with E-state index in [0.29, 0.717) is 30.8 Å². The van der Waals surface area contributed by atoms with Gasteiger partial charge in [0.2, 0.25) is 17.7 Å². The van der Waals surface area contributed by atoms with E-state index in [1.165, 1.54) is 0 Å². The fraction of sp³-hybridized carbons (Fsp3) is 0.529. The fourth-order valence-electron chi connectivity index (χ4n) is 3.16. The minimum Gasteiger partial charge on any atom is -0.423 e. The van der Waals surface area contributed by atoms with Crippen LogP contribution >= 0.6 is 0 Å². The highest BCUT2D eigenvalue weighted by Gasteiger charge is 2.35. The van der Waals surface area contributed by atoms with Crippen LogP contribution in [0.15, 0.2) is 28.8 Å². The number of nitrogens with one attached hydrogen (secondary N) is 1. The van der Waals surface area contributed by atoms with Gasteiger partial charge in [0.1, 0.15) is 5.82 Å². The van der Waals surface area contributed by atoms with Gasteiger partial charge in [0.25, 0.3) is 0 Å². The van der Waals surface area contributed by atoms with Crippen LogP contribution in [0.3, 0.4) is 0 Å². The maximum atomic E-state index is 12.5. The Morgan fingerprint density at radius 3 is 2.96 bits per heavy atom. The molecule has 0 aromatic carbocycles. The van der Waals surface area contributed by atoms with Crippen LogP contribution < -0.4 is 10.2 Å². The molecular weight excluding hydrogens is 306 g/mol. The van der Waals surface area contributed by atoms with Gasteiger partial charge in [-0.05, 0) is 30.9 Å². The summed E-state index contributed by atoms with van der Waals surface area (Å²) in [5.74, 6) is 2.79. The number of carbonyl (C=O) groups is 1. The molecule has 24 heavy (non-hydrogen) atoms. The van der Waals surface area contributed by atoms with E-state index >= 15 is 0 Å². The number of anilines is 1. The minimum absolute atomic E-state index is 0.0344. The minimum atomic E-state index is -0.0576. The van der Waals surface area contributed by atoms with E-state index in [9.17, 15) is 4.79 Å². The quantitative estimate of drug-likeness (QED) is 0.900. The lowest BCUT2D eigenvalue weighted by molar-refractivity contribution is -0.125. The third-order valence-corrected chi connectivity index (χ3v) is 4.75. The van der Waals surface area contributed by atoms with Crippen molar-refractivity contribution in [1.82, 2.24) is 20.5 Å². The summed E-state index contributed by atoms with van der Waals surface area (Å²) in [4.78, 5) is 19.0. The van der Waals surface area contributed by atoms with E-state index in [2.05, 4.69) is 32.3 Å². The first-order valence-corrected chi connectivity index (χ1v) is 8.46. The summed E-state index contributed by atoms with van der Waals surface area (Å²) in [5.41, 5.74) is 0. The zero-order valence-corrected chi connectivity index (χ0v) is 13.7. The molecule has 7 heteroatoms. The lowest BCUT2D eigenvalue weighted by atomic mass is 9.97. The molecule has 2 atom stereocenters. The normalized spacial score (nSPS) is 23.5. The van der Waals surface area contributed by atoms with Crippen LogP contribution in [0.1, 0.15) is 37.5 Å². The van der Waals surface area contributed by atoms with Crippen molar-refractivity contribution in [2.45, 2.75) is 32.2 Å². The van der Waals surface area contributed by atoms with E-state index in [0.717, 1.165) is 25.2 Å². The van der Waals surface area contributed by atoms with Gasteiger partial charge < -0.3 is 14.6 Å². The van der Waals surface area contributed by atoms with Crippen molar-refractivity contribution in [3.05, 3.63) is 36.2 Å². The van der Waals surface area contributed by atoms with E-state index in [1.54, 1.807) is 6.20 Å². The van der Waals surface area contributed by atoms with Crippen molar-refractivity contribution in [2.24, 2.45) is 11.8 Å². The Morgan fingerprint density at radius 1 is 1.33 bits per heavy atom. The number of aromatic nitrogens is 3. The molecule has 0 unspecified atom stereocenters. The molecule has 2 fully saturated rings. The molecule has 1 aliphatic heterocycles. The van der Waals surface area contributed by atoms with Gasteiger partial charge in [-0.25, -0.2) is 4.98 Å². The molecule has 7 nitrogen and oxygen atoms in total. The number of carbonyl (C=O) groups excluding carboxylic acids is 1. The highest BCUT2D eigenvalue weighted by molar-refractivity contribution is 5.80. The fourth-order valence-corrected chi connectivity index (χ4v) is 3.16. The summed E-state index contributed by atoms with van der Waals surface area (Å²) in [6.45, 7) is 3.92. The second-order valence-electron chi connectivity index (χ2n) is 6.70. The van der Waals surface area contributed by atoms with Gasteiger partial charge in [0, 0.05) is 25.2 Å². The Hall–Kier alpha value is -2.44. The average Bonchev–Trinajstić information content (AvgIpc) is 3.22. The first-order chi connectivity index (χ1) is 11.7. The molecule has 3 heterocycles. The van der Waals surface area contributed by atoms with Crippen molar-refractivity contribution in [1.29, 1.82) is 0 Å². The van der Waals surface area contributed by atoms with Crippen LogP contribution in [0.2, 0.25) is 0 Å². The Bertz CT molecular complexity index is 713. The number of hydrogen-bond donors (Lipinski definition) is 1. The van der Waals surface area contributed by atoms with Crippen LogP contribution in [0.5, 0.6) is 0 Å². The van der Waals surface area contributed by atoms with Crippen molar-refractivity contribution in [2.75, 3.05) is 18.0 Å². The summed E-state index contributed by atoms with van der Waals surface area (Å²) in [6, 6.07) is 5.84. The molecule has 1 N–H and O–H groups in total. The summed E-state index contributed by atoms with van der Waals surface area (Å²) in [5, 5.41) is 11.0. The van der Waals surface area contributed by atoms with Crippen LogP contribution in [0.4, 0.5) is 5.82 Å². The van der Waals surface area contributed by atoms with Crippen molar-refractivity contribution in [3.63, 3.8) is 0 Å². The molecule has 2 aliphatic rings. The molecule has 126 valence electrons. The summed E-state index contributed by atoms with van der Waals surface area (Å²) < 4.78 is 5.58. The molecule has 1 aliphatic carbocycles. The Balaban J connectivity index is 1.33. The average molecular weight is 327 g/mol. The molecule has 2 aromatic heterocycles. The number of hydrogen-bond acceptors (Lipinski definition) is 6. The van der Waals surface area contributed by atoms with E-state index < -0.39 is 0 Å². The molecular formula is C17H21N5O2. The maximum absolute atomic E-state index is 12.5. The predicted octanol–water partition coefficient (Wildman–Crippen LogP) is 1.73. The molecule has 4 rings (SSSR count). The Morgan fingerprint density at radius 2 is 2.21 bits per heavy atom. The topological polar surface area (TPSA) is 84.2 Å². The third kappa shape index (κ3) is 3.11. The first-order valence-electron chi connectivity index (χ1n) is 8.46. The van der Waals surface area contributed by atoms with Crippen molar-refractivity contribution >= 4 is 11.7 Å². The molecule has 1 amide bonds. The van der Waals surface area contributed by atoms with Gasteiger partial charge >= 0.3 is 0 Å². The van der Waals surface area contributed by atoms with Gasteiger partial charge in [-0.15, -0.1) is 10.2 Å². The summed E-state index contributed by atoms with van der Waals surface area (Å²) in [7, 11) is 0. The second kappa shape index (κ2) is 6.22. The van der Waals surface area contributed by atoms with Crippen LogP contribution in [-0.2, 0) is 11.3 Å². The van der Waals surface area contributed by atoms with Gasteiger partial charge in [-0.1, -0.05) is 13.0 Å². The van der Waals surface area contributed by atoms with Crippen LogP contribution in [0, 0.1) is 11.8 Å². The molecule has 0 radical (unpaired) electrons. The highest BCUT2D eigenvalue weighted by Crippen LogP contribution is 2.39. The predicted molar refractivity (Wildman–Crippen MR) is 87.2 cm³/mol.